The molecule has 1 aliphatic heterocycles. The summed E-state index contributed by atoms with van der Waals surface area (Å²) in [5.41, 5.74) is 0. The molecule has 6 heteroatoms. The average Bonchev–Trinajstić information content (AvgIpc) is 2.94. The van der Waals surface area contributed by atoms with E-state index in [9.17, 15) is 9.59 Å². The molecule has 1 aliphatic carbocycles. The van der Waals surface area contributed by atoms with Gasteiger partial charge in [0.15, 0.2) is 5.76 Å². The minimum atomic E-state index is -0.205. The molecule has 2 fully saturated rings. The van der Waals surface area contributed by atoms with Crippen LogP contribution < -0.4 is 5.32 Å². The van der Waals surface area contributed by atoms with E-state index in [0.29, 0.717) is 12.4 Å². The molecule has 114 valence electrons. The van der Waals surface area contributed by atoms with Crippen LogP contribution in [0.15, 0.2) is 16.5 Å². The standard InChI is InChI=1S/C15H20N2O4/c1-20-9-10-6-7-13(21-10)15(19)17-8-14(18)16-11-4-2-3-5-12(11)17/h6-7,11-12H,2-5,8-9H2,1H3,(H,16,18)/t11-,12-/m0/s1. The van der Waals surface area contributed by atoms with E-state index in [4.69, 9.17) is 9.15 Å². The summed E-state index contributed by atoms with van der Waals surface area (Å²) in [5, 5.41) is 3.00. The fourth-order valence-electron chi connectivity index (χ4n) is 3.25. The molecule has 1 saturated carbocycles. The Balaban J connectivity index is 1.79. The number of rotatable bonds is 3. The second-order valence-electron chi connectivity index (χ2n) is 5.66. The molecule has 0 bridgehead atoms. The number of ether oxygens (including phenoxy) is 1. The van der Waals surface area contributed by atoms with E-state index in [-0.39, 0.29) is 36.2 Å². The lowest BCUT2D eigenvalue weighted by Gasteiger charge is -2.43. The third-order valence-corrected chi connectivity index (χ3v) is 4.21. The minimum absolute atomic E-state index is 0.0809. The van der Waals surface area contributed by atoms with Crippen LogP contribution in [0.2, 0.25) is 0 Å². The van der Waals surface area contributed by atoms with Gasteiger partial charge in [0.2, 0.25) is 5.91 Å². The molecule has 0 radical (unpaired) electrons. The number of hydrogen-bond acceptors (Lipinski definition) is 4. The minimum Gasteiger partial charge on any atom is -0.453 e. The van der Waals surface area contributed by atoms with Gasteiger partial charge in [0.1, 0.15) is 18.9 Å². The number of amides is 2. The molecule has 2 amide bonds. The summed E-state index contributed by atoms with van der Waals surface area (Å²) >= 11 is 0. The monoisotopic (exact) mass is 292 g/mol. The van der Waals surface area contributed by atoms with Crippen LogP contribution >= 0.6 is 0 Å². The topological polar surface area (TPSA) is 71.8 Å². The molecule has 3 rings (SSSR count). The Bertz CT molecular complexity index is 540. The summed E-state index contributed by atoms with van der Waals surface area (Å²) in [7, 11) is 1.58. The lowest BCUT2D eigenvalue weighted by Crippen LogP contribution is -2.62. The fraction of sp³-hybridized carbons (Fsp3) is 0.600. The predicted octanol–water partition coefficient (Wildman–Crippen LogP) is 1.31. The van der Waals surface area contributed by atoms with Crippen molar-refractivity contribution < 1.29 is 18.7 Å². The Morgan fingerprint density at radius 1 is 1.43 bits per heavy atom. The first-order chi connectivity index (χ1) is 10.2. The maximum Gasteiger partial charge on any atom is 0.290 e. The molecule has 0 unspecified atom stereocenters. The average molecular weight is 292 g/mol. The van der Waals surface area contributed by atoms with Gasteiger partial charge in [-0.3, -0.25) is 9.59 Å². The fourth-order valence-corrected chi connectivity index (χ4v) is 3.25. The van der Waals surface area contributed by atoms with E-state index in [1.54, 1.807) is 24.1 Å². The normalized spacial score (nSPS) is 25.4. The van der Waals surface area contributed by atoms with Gasteiger partial charge in [-0.25, -0.2) is 0 Å². The lowest BCUT2D eigenvalue weighted by atomic mass is 9.87. The summed E-state index contributed by atoms with van der Waals surface area (Å²) in [4.78, 5) is 26.1. The van der Waals surface area contributed by atoms with E-state index < -0.39 is 0 Å². The van der Waals surface area contributed by atoms with Crippen molar-refractivity contribution in [2.45, 2.75) is 44.4 Å². The number of furan rings is 1. The number of nitrogens with one attached hydrogen (secondary N) is 1. The Hall–Kier alpha value is -1.82. The van der Waals surface area contributed by atoms with Crippen molar-refractivity contribution in [2.24, 2.45) is 0 Å². The first-order valence-electron chi connectivity index (χ1n) is 7.37. The van der Waals surface area contributed by atoms with Crippen molar-refractivity contribution in [3.05, 3.63) is 23.7 Å². The number of nitrogens with zero attached hydrogens (tertiary/aromatic N) is 1. The van der Waals surface area contributed by atoms with Gasteiger partial charge < -0.3 is 19.4 Å². The van der Waals surface area contributed by atoms with Gasteiger partial charge in [0.05, 0.1) is 6.04 Å². The number of carbonyl (C=O) groups is 2. The van der Waals surface area contributed by atoms with Crippen LogP contribution in [0, 0.1) is 0 Å². The van der Waals surface area contributed by atoms with Crippen molar-refractivity contribution in [1.82, 2.24) is 10.2 Å². The Labute approximate surface area is 123 Å². The summed E-state index contributed by atoms with van der Waals surface area (Å²) in [6.45, 7) is 0.445. The molecule has 1 N–H and O–H groups in total. The highest BCUT2D eigenvalue weighted by molar-refractivity contribution is 5.95. The molecule has 2 heterocycles. The molecule has 0 spiro atoms. The number of carbonyl (C=O) groups excluding carboxylic acids is 2. The van der Waals surface area contributed by atoms with Gasteiger partial charge in [-0.15, -0.1) is 0 Å². The van der Waals surface area contributed by atoms with E-state index >= 15 is 0 Å². The zero-order chi connectivity index (χ0) is 14.8. The quantitative estimate of drug-likeness (QED) is 0.911. The van der Waals surface area contributed by atoms with Crippen LogP contribution in [0.5, 0.6) is 0 Å². The Morgan fingerprint density at radius 2 is 2.24 bits per heavy atom. The van der Waals surface area contributed by atoms with Gasteiger partial charge in [0, 0.05) is 13.2 Å². The second-order valence-corrected chi connectivity index (χ2v) is 5.66. The van der Waals surface area contributed by atoms with Crippen molar-refractivity contribution in [3.8, 4) is 0 Å². The first-order valence-corrected chi connectivity index (χ1v) is 7.37. The molecule has 1 aromatic heterocycles. The van der Waals surface area contributed by atoms with Crippen molar-refractivity contribution >= 4 is 11.8 Å². The summed E-state index contributed by atoms with van der Waals surface area (Å²) in [6.07, 6.45) is 4.06. The van der Waals surface area contributed by atoms with Crippen LogP contribution in [-0.4, -0.2) is 42.5 Å². The summed E-state index contributed by atoms with van der Waals surface area (Å²) in [6, 6.07) is 3.55. The molecular weight excluding hydrogens is 272 g/mol. The highest BCUT2D eigenvalue weighted by Crippen LogP contribution is 2.27. The zero-order valence-corrected chi connectivity index (χ0v) is 12.1. The number of methoxy groups -OCH3 is 1. The Kier molecular flexibility index (Phi) is 3.96. The van der Waals surface area contributed by atoms with Crippen molar-refractivity contribution in [2.75, 3.05) is 13.7 Å². The highest BCUT2D eigenvalue weighted by Gasteiger charge is 2.39. The lowest BCUT2D eigenvalue weighted by molar-refractivity contribution is -0.127. The second kappa shape index (κ2) is 5.89. The van der Waals surface area contributed by atoms with E-state index in [1.165, 1.54) is 0 Å². The van der Waals surface area contributed by atoms with E-state index in [1.807, 2.05) is 0 Å². The van der Waals surface area contributed by atoms with Crippen LogP contribution in [0.1, 0.15) is 42.0 Å². The number of hydrogen-bond donors (Lipinski definition) is 1. The highest BCUT2D eigenvalue weighted by atomic mass is 16.5. The van der Waals surface area contributed by atoms with Crippen LogP contribution in [0.25, 0.3) is 0 Å². The van der Waals surface area contributed by atoms with Crippen LogP contribution in [0.3, 0.4) is 0 Å². The van der Waals surface area contributed by atoms with Gasteiger partial charge in [-0.05, 0) is 25.0 Å². The van der Waals surface area contributed by atoms with Gasteiger partial charge in [-0.1, -0.05) is 12.8 Å². The smallest absolute Gasteiger partial charge is 0.290 e. The maximum absolute atomic E-state index is 12.6. The molecule has 1 aromatic rings. The summed E-state index contributed by atoms with van der Waals surface area (Å²) in [5.74, 6) is 0.600. The first kappa shape index (κ1) is 14.1. The van der Waals surface area contributed by atoms with Crippen LogP contribution in [0.4, 0.5) is 0 Å². The molecule has 1 saturated heterocycles. The predicted molar refractivity (Wildman–Crippen MR) is 74.6 cm³/mol. The van der Waals surface area contributed by atoms with Crippen molar-refractivity contribution in [1.29, 1.82) is 0 Å². The molecule has 0 aromatic carbocycles. The summed E-state index contributed by atoms with van der Waals surface area (Å²) < 4.78 is 10.5. The number of piperazine rings is 1. The molecule has 2 aliphatic rings. The largest absolute Gasteiger partial charge is 0.453 e. The molecule has 6 nitrogen and oxygen atoms in total. The van der Waals surface area contributed by atoms with Gasteiger partial charge >= 0.3 is 0 Å². The third-order valence-electron chi connectivity index (χ3n) is 4.21. The number of fused-ring (bicyclic) bond motifs is 1. The Morgan fingerprint density at radius 3 is 3.05 bits per heavy atom. The van der Waals surface area contributed by atoms with Gasteiger partial charge in [0.25, 0.3) is 5.91 Å². The van der Waals surface area contributed by atoms with E-state index in [0.717, 1.165) is 25.7 Å². The third kappa shape index (κ3) is 2.81. The van der Waals surface area contributed by atoms with Crippen molar-refractivity contribution in [3.63, 3.8) is 0 Å². The molecule has 21 heavy (non-hydrogen) atoms. The SMILES string of the molecule is COCc1ccc(C(=O)N2CC(=O)N[C@H]3CCCC[C@@H]32)o1. The maximum atomic E-state index is 12.6. The van der Waals surface area contributed by atoms with Crippen LogP contribution in [-0.2, 0) is 16.1 Å². The zero-order valence-electron chi connectivity index (χ0n) is 12.1. The molecule has 2 atom stereocenters. The molecular formula is C15H20N2O4. The van der Waals surface area contributed by atoms with E-state index in [2.05, 4.69) is 5.32 Å². The van der Waals surface area contributed by atoms with Gasteiger partial charge in [-0.2, -0.15) is 0 Å².